The van der Waals surface area contributed by atoms with Crippen molar-refractivity contribution in [3.05, 3.63) is 75.6 Å². The van der Waals surface area contributed by atoms with Crippen LogP contribution in [0.3, 0.4) is 0 Å². The van der Waals surface area contributed by atoms with Crippen molar-refractivity contribution < 1.29 is 28.0 Å². The van der Waals surface area contributed by atoms with Crippen LogP contribution >= 0.6 is 0 Å². The topological polar surface area (TPSA) is 165 Å². The number of nitrogens with one attached hydrogen (secondary N) is 2. The first kappa shape index (κ1) is 43.9. The Hall–Kier alpha value is -6.33. The minimum Gasteiger partial charge on any atom is -0.385 e. The second-order valence-electron chi connectivity index (χ2n) is 18.0. The Balaban J connectivity index is 0.791. The highest BCUT2D eigenvalue weighted by Gasteiger charge is 2.36. The number of carbonyl (C=O) groups is 4. The summed E-state index contributed by atoms with van der Waals surface area (Å²) >= 11 is 0. The maximum atomic E-state index is 14.7. The highest BCUT2D eigenvalue weighted by molar-refractivity contribution is 6.00. The van der Waals surface area contributed by atoms with E-state index in [-0.39, 0.29) is 47.9 Å². The number of rotatable bonds is 13. The number of unbranched alkanes of at least 4 members (excludes halogenated alkanes) is 3. The predicted molar refractivity (Wildman–Crippen MR) is 241 cm³/mol. The molecule has 2 N–H and O–H groups in total. The summed E-state index contributed by atoms with van der Waals surface area (Å²) in [7, 11) is 3.45. The summed E-state index contributed by atoms with van der Waals surface area (Å²) in [4.78, 5) is 69.2. The van der Waals surface area contributed by atoms with E-state index in [9.17, 15) is 32.8 Å². The van der Waals surface area contributed by atoms with Crippen molar-refractivity contribution in [1.82, 2.24) is 43.8 Å². The number of hydrogen-bond acceptors (Lipinski definition) is 9. The number of benzene rings is 2. The molecule has 4 amide bonds. The third kappa shape index (κ3) is 8.66. The molecule has 1 atom stereocenters. The first-order chi connectivity index (χ1) is 31.4. The molecule has 18 heteroatoms. The molecule has 4 aliphatic rings. The summed E-state index contributed by atoms with van der Waals surface area (Å²) in [5.74, 6) is 0.0988. The number of imidazole rings is 1. The van der Waals surface area contributed by atoms with Crippen molar-refractivity contribution in [2.45, 2.75) is 109 Å². The molecule has 9 rings (SSSR count). The van der Waals surface area contributed by atoms with Gasteiger partial charge in [-0.15, -0.1) is 0 Å². The second kappa shape index (κ2) is 18.3. The van der Waals surface area contributed by atoms with Crippen LogP contribution in [0.25, 0.3) is 22.2 Å². The van der Waals surface area contributed by atoms with E-state index in [0.29, 0.717) is 67.7 Å². The van der Waals surface area contributed by atoms with Gasteiger partial charge in [0.25, 0.3) is 6.43 Å². The Morgan fingerprint density at radius 1 is 0.908 bits per heavy atom. The fourth-order valence-electron chi connectivity index (χ4n) is 10.3. The molecule has 2 fully saturated rings. The lowest BCUT2D eigenvalue weighted by molar-refractivity contribution is -0.136. The fourth-order valence-corrected chi connectivity index (χ4v) is 10.3. The predicted octanol–water partition coefficient (Wildman–Crippen LogP) is 6.07. The number of halogens is 2. The van der Waals surface area contributed by atoms with Crippen LogP contribution in [0, 0.1) is 0 Å². The largest absolute Gasteiger partial charge is 0.385 e. The summed E-state index contributed by atoms with van der Waals surface area (Å²) < 4.78 is 36.2. The molecule has 5 aromatic rings. The maximum Gasteiger partial charge on any atom is 0.329 e. The molecule has 0 radical (unpaired) electrons. The maximum absolute atomic E-state index is 14.7. The molecular weight excluding hydrogens is 837 g/mol. The number of anilines is 3. The number of alkyl halides is 2. The van der Waals surface area contributed by atoms with E-state index in [1.165, 1.54) is 9.13 Å². The van der Waals surface area contributed by atoms with Crippen molar-refractivity contribution in [3.8, 4) is 11.1 Å². The van der Waals surface area contributed by atoms with Gasteiger partial charge in [0.15, 0.2) is 5.82 Å². The molecule has 65 heavy (non-hydrogen) atoms. The number of nitrogens with zero attached hydrogens (tertiary/aromatic N) is 9. The quantitative estimate of drug-likeness (QED) is 0.106. The molecule has 0 saturated carbocycles. The Bertz CT molecular complexity index is 2710. The molecule has 1 unspecified atom stereocenters. The number of fused-ring (bicyclic) bond motifs is 3. The first-order valence-electron chi connectivity index (χ1n) is 23.0. The average Bonchev–Trinajstić information content (AvgIpc) is 3.98. The van der Waals surface area contributed by atoms with E-state index in [0.717, 1.165) is 91.9 Å². The van der Waals surface area contributed by atoms with E-state index >= 15 is 0 Å². The highest BCUT2D eigenvalue weighted by atomic mass is 19.3. The number of piperidine rings is 2. The van der Waals surface area contributed by atoms with Crippen LogP contribution in [0.4, 0.5) is 26.0 Å². The van der Waals surface area contributed by atoms with Crippen LogP contribution in [0.5, 0.6) is 0 Å². The summed E-state index contributed by atoms with van der Waals surface area (Å²) in [5, 5.41) is 15.3. The lowest BCUT2D eigenvalue weighted by atomic mass is 9.92. The van der Waals surface area contributed by atoms with Crippen LogP contribution in [0.1, 0.15) is 112 Å². The molecule has 0 spiro atoms. The smallest absolute Gasteiger partial charge is 0.329 e. The third-order valence-corrected chi connectivity index (χ3v) is 13.8. The summed E-state index contributed by atoms with van der Waals surface area (Å²) in [6.45, 7) is 5.19. The Labute approximate surface area is 375 Å². The fraction of sp³-hybridized carbons (Fsp3) is 0.511. The van der Waals surface area contributed by atoms with Crippen molar-refractivity contribution in [1.29, 1.82) is 0 Å². The molecule has 2 saturated heterocycles. The third-order valence-electron chi connectivity index (χ3n) is 13.8. The molecule has 0 aliphatic carbocycles. The molecule has 2 aromatic carbocycles. The molecular formula is C47H57F2N11O5. The van der Waals surface area contributed by atoms with Gasteiger partial charge in [-0.25, -0.2) is 13.6 Å². The molecule has 4 aliphatic heterocycles. The van der Waals surface area contributed by atoms with Crippen LogP contribution in [-0.2, 0) is 52.7 Å². The van der Waals surface area contributed by atoms with E-state index in [1.54, 1.807) is 44.2 Å². The van der Waals surface area contributed by atoms with Gasteiger partial charge < -0.3 is 20.0 Å². The summed E-state index contributed by atoms with van der Waals surface area (Å²) in [5.41, 5.74) is 6.79. The monoisotopic (exact) mass is 893 g/mol. The lowest BCUT2D eigenvalue weighted by Gasteiger charge is -2.34. The van der Waals surface area contributed by atoms with Crippen molar-refractivity contribution in [2.75, 3.05) is 42.9 Å². The van der Waals surface area contributed by atoms with E-state index in [2.05, 4.69) is 25.3 Å². The zero-order valence-corrected chi connectivity index (χ0v) is 37.3. The van der Waals surface area contributed by atoms with Gasteiger partial charge in [-0.3, -0.25) is 43.0 Å². The first-order valence-corrected chi connectivity index (χ1v) is 23.0. The molecule has 0 bridgehead atoms. The minimum absolute atomic E-state index is 0.0106. The standard InChI is InChI=1S/C47H57F2N11O5/c1-29(61)57-22-17-37-36(28-57)45(58-19-8-9-30-23-34(31-26-51-54(2)27-31)35(44(48)49)25-40(30)58)53-60(37)33-15-20-56(21-16-33)43(63)10-6-4-5-7-18-50-32-11-12-38-41(24-32)55(3)47(65)59(38)39-13-14-42(62)52-46(39)64/h11-12,23-27,33,39,44,50H,4-10,13-22,28H2,1-3H3,(H,52,62,64). The highest BCUT2D eigenvalue weighted by Crippen LogP contribution is 2.44. The van der Waals surface area contributed by atoms with E-state index in [1.807, 2.05) is 34.1 Å². The zero-order chi connectivity index (χ0) is 45.5. The average molecular weight is 894 g/mol. The van der Waals surface area contributed by atoms with Crippen molar-refractivity contribution in [3.63, 3.8) is 0 Å². The SMILES string of the molecule is CC(=O)N1CCc2c(c(N3CCCc4cc(-c5cnn(C)c5)c(C(F)F)cc43)nn2C2CCN(C(=O)CCCCCCNc3ccc4c(c3)n(C)c(=O)n4C3CCC(=O)NC3=O)CC2)C1. The number of likely N-dealkylation sites (tertiary alicyclic amines) is 1. The number of carbonyl (C=O) groups excluding carboxylic acids is 4. The van der Waals surface area contributed by atoms with Crippen molar-refractivity contribution in [2.24, 2.45) is 14.1 Å². The number of aromatic nitrogens is 6. The van der Waals surface area contributed by atoms with Gasteiger partial charge in [-0.05, 0) is 86.4 Å². The molecule has 3 aromatic heterocycles. The zero-order valence-electron chi connectivity index (χ0n) is 37.3. The molecule has 7 heterocycles. The van der Waals surface area contributed by atoms with E-state index < -0.39 is 18.4 Å². The number of imide groups is 1. The van der Waals surface area contributed by atoms with Crippen LogP contribution < -0.4 is 21.2 Å². The number of hydrogen-bond donors (Lipinski definition) is 2. The summed E-state index contributed by atoms with van der Waals surface area (Å²) in [6.07, 6.45) is 9.01. The molecule has 16 nitrogen and oxygen atoms in total. The Morgan fingerprint density at radius 3 is 2.45 bits per heavy atom. The summed E-state index contributed by atoms with van der Waals surface area (Å²) in [6, 6.07) is 8.50. The number of aryl methyl sites for hydroxylation is 3. The second-order valence-corrected chi connectivity index (χ2v) is 18.0. The number of amides is 4. The van der Waals surface area contributed by atoms with Gasteiger partial charge in [0, 0.05) is 113 Å². The minimum atomic E-state index is -2.68. The van der Waals surface area contributed by atoms with Gasteiger partial charge in [0.05, 0.1) is 29.8 Å². The van der Waals surface area contributed by atoms with E-state index in [4.69, 9.17) is 5.10 Å². The van der Waals surface area contributed by atoms with Gasteiger partial charge in [0.1, 0.15) is 6.04 Å². The van der Waals surface area contributed by atoms with Gasteiger partial charge in [-0.2, -0.15) is 10.2 Å². The lowest BCUT2D eigenvalue weighted by Crippen LogP contribution is -2.44. The van der Waals surface area contributed by atoms with Gasteiger partial charge >= 0.3 is 5.69 Å². The Morgan fingerprint density at radius 2 is 1.71 bits per heavy atom. The Kier molecular flexibility index (Phi) is 12.3. The van der Waals surface area contributed by atoms with Crippen LogP contribution in [-0.4, -0.2) is 94.8 Å². The molecule has 344 valence electrons. The van der Waals surface area contributed by atoms with Gasteiger partial charge in [0.2, 0.25) is 23.6 Å². The normalized spacial score (nSPS) is 18.1. The van der Waals surface area contributed by atoms with Gasteiger partial charge in [-0.1, -0.05) is 12.8 Å². The van der Waals surface area contributed by atoms with Crippen molar-refractivity contribution >= 4 is 51.9 Å². The van der Waals surface area contributed by atoms with Crippen LogP contribution in [0.15, 0.2) is 47.5 Å². The van der Waals surface area contributed by atoms with Crippen LogP contribution in [0.2, 0.25) is 0 Å².